The smallest absolute Gasteiger partial charge is 0.273 e. The van der Waals surface area contributed by atoms with E-state index in [2.05, 4.69) is 17.3 Å². The molecule has 0 saturated heterocycles. The molecule has 2 amide bonds. The van der Waals surface area contributed by atoms with E-state index in [-0.39, 0.29) is 12.3 Å². The van der Waals surface area contributed by atoms with Crippen molar-refractivity contribution in [3.8, 4) is 17.6 Å². The quantitative estimate of drug-likeness (QED) is 0.681. The van der Waals surface area contributed by atoms with Crippen LogP contribution in [0.5, 0.6) is 5.75 Å². The first kappa shape index (κ1) is 19.6. The molecule has 5 heteroatoms. The van der Waals surface area contributed by atoms with Gasteiger partial charge in [-0.3, -0.25) is 15.0 Å². The van der Waals surface area contributed by atoms with Crippen LogP contribution in [0.1, 0.15) is 57.3 Å². The second-order valence-corrected chi connectivity index (χ2v) is 6.32. The Labute approximate surface area is 144 Å². The number of methoxy groups -OCH3 is 1. The SMILES string of the molecule is CCCC#CCC(=O)N(NC(=O)c1ccccc1OC)C(C)(C)C. The van der Waals surface area contributed by atoms with Gasteiger partial charge in [-0.1, -0.05) is 25.0 Å². The summed E-state index contributed by atoms with van der Waals surface area (Å²) in [6, 6.07) is 6.89. The van der Waals surface area contributed by atoms with E-state index in [1.807, 2.05) is 27.7 Å². The van der Waals surface area contributed by atoms with Crippen molar-refractivity contribution < 1.29 is 14.3 Å². The van der Waals surface area contributed by atoms with Gasteiger partial charge in [-0.2, -0.15) is 0 Å². The third kappa shape index (κ3) is 5.62. The minimum absolute atomic E-state index is 0.0729. The number of nitrogens with zero attached hydrogens (tertiary/aromatic N) is 1. The molecule has 5 nitrogen and oxygen atoms in total. The molecule has 0 atom stereocenters. The Kier molecular flexibility index (Phi) is 7.31. The standard InChI is InChI=1S/C19H26N2O3/c1-6-7-8-9-14-17(22)21(19(2,3)4)20-18(23)15-12-10-11-13-16(15)24-5/h10-13H,6-7,14H2,1-5H3,(H,20,23). The van der Waals surface area contributed by atoms with Crippen molar-refractivity contribution in [2.24, 2.45) is 0 Å². The summed E-state index contributed by atoms with van der Waals surface area (Å²) in [4.78, 5) is 25.0. The summed E-state index contributed by atoms with van der Waals surface area (Å²) < 4.78 is 5.20. The number of hydrogen-bond donors (Lipinski definition) is 1. The van der Waals surface area contributed by atoms with Gasteiger partial charge in [0.2, 0.25) is 0 Å². The lowest BCUT2D eigenvalue weighted by molar-refractivity contribution is -0.138. The summed E-state index contributed by atoms with van der Waals surface area (Å²) in [6.07, 6.45) is 1.79. The van der Waals surface area contributed by atoms with E-state index in [1.54, 1.807) is 24.3 Å². The number of hydrazine groups is 1. The van der Waals surface area contributed by atoms with E-state index in [4.69, 9.17) is 4.74 Å². The van der Waals surface area contributed by atoms with Gasteiger partial charge < -0.3 is 4.74 Å². The molecule has 0 aromatic heterocycles. The second-order valence-electron chi connectivity index (χ2n) is 6.32. The van der Waals surface area contributed by atoms with Crippen LogP contribution in [0.2, 0.25) is 0 Å². The molecule has 0 aliphatic rings. The molecule has 1 rings (SSSR count). The fourth-order valence-corrected chi connectivity index (χ4v) is 2.03. The van der Waals surface area contributed by atoms with Gasteiger partial charge in [0, 0.05) is 6.42 Å². The number of carbonyl (C=O) groups is 2. The fourth-order valence-electron chi connectivity index (χ4n) is 2.03. The Bertz CT molecular complexity index is 636. The minimum atomic E-state index is -0.568. The number of hydrogen-bond acceptors (Lipinski definition) is 3. The molecule has 0 aliphatic carbocycles. The minimum Gasteiger partial charge on any atom is -0.496 e. The Morgan fingerprint density at radius 2 is 1.88 bits per heavy atom. The number of unbranched alkanes of at least 4 members (excludes halogenated alkanes) is 1. The van der Waals surface area contributed by atoms with Crippen LogP contribution >= 0.6 is 0 Å². The zero-order valence-electron chi connectivity index (χ0n) is 15.1. The molecule has 24 heavy (non-hydrogen) atoms. The number of nitrogens with one attached hydrogen (secondary N) is 1. The highest BCUT2D eigenvalue weighted by molar-refractivity contribution is 5.98. The molecule has 130 valence electrons. The zero-order chi connectivity index (χ0) is 18.2. The Morgan fingerprint density at radius 1 is 1.21 bits per heavy atom. The van der Waals surface area contributed by atoms with Crippen molar-refractivity contribution >= 4 is 11.8 Å². The van der Waals surface area contributed by atoms with Gasteiger partial charge in [0.15, 0.2) is 0 Å². The molecule has 0 saturated carbocycles. The molecule has 0 aliphatic heterocycles. The van der Waals surface area contributed by atoms with E-state index in [0.29, 0.717) is 11.3 Å². The van der Waals surface area contributed by atoms with Crippen LogP contribution in [-0.4, -0.2) is 29.5 Å². The maximum atomic E-state index is 12.5. The van der Waals surface area contributed by atoms with Crippen molar-refractivity contribution in [3.63, 3.8) is 0 Å². The maximum absolute atomic E-state index is 12.5. The van der Waals surface area contributed by atoms with Crippen molar-refractivity contribution in [2.45, 2.75) is 52.5 Å². The second kappa shape index (κ2) is 8.97. The molecular formula is C19H26N2O3. The molecule has 1 aromatic rings. The lowest BCUT2D eigenvalue weighted by Crippen LogP contribution is -2.55. The normalized spacial score (nSPS) is 10.4. The molecule has 0 bridgehead atoms. The van der Waals surface area contributed by atoms with Gasteiger partial charge in [0.1, 0.15) is 5.75 Å². The maximum Gasteiger partial charge on any atom is 0.273 e. The molecule has 0 fully saturated rings. The Balaban J connectivity index is 2.93. The first-order valence-corrected chi connectivity index (χ1v) is 8.04. The zero-order valence-corrected chi connectivity index (χ0v) is 15.1. The van der Waals surface area contributed by atoms with Crippen molar-refractivity contribution in [1.82, 2.24) is 10.4 Å². The van der Waals surface area contributed by atoms with E-state index in [1.165, 1.54) is 12.1 Å². The monoisotopic (exact) mass is 330 g/mol. The summed E-state index contributed by atoms with van der Waals surface area (Å²) in [6.45, 7) is 7.60. The van der Waals surface area contributed by atoms with E-state index in [0.717, 1.165) is 12.8 Å². The number of para-hydroxylation sites is 1. The van der Waals surface area contributed by atoms with Crippen LogP contribution in [0, 0.1) is 11.8 Å². The number of amides is 2. The van der Waals surface area contributed by atoms with Gasteiger partial charge in [-0.05, 0) is 39.3 Å². The van der Waals surface area contributed by atoms with Crippen LogP contribution in [0.4, 0.5) is 0 Å². The van der Waals surface area contributed by atoms with E-state index < -0.39 is 11.4 Å². The summed E-state index contributed by atoms with van der Waals surface area (Å²) in [7, 11) is 1.50. The highest BCUT2D eigenvalue weighted by Gasteiger charge is 2.28. The summed E-state index contributed by atoms with van der Waals surface area (Å²) in [5.41, 5.74) is 2.49. The van der Waals surface area contributed by atoms with Crippen LogP contribution in [0.3, 0.4) is 0 Å². The third-order valence-corrected chi connectivity index (χ3v) is 3.22. The lowest BCUT2D eigenvalue weighted by Gasteiger charge is -2.35. The predicted molar refractivity (Wildman–Crippen MR) is 94.4 cm³/mol. The lowest BCUT2D eigenvalue weighted by atomic mass is 10.1. The third-order valence-electron chi connectivity index (χ3n) is 3.22. The molecule has 0 unspecified atom stereocenters. The Morgan fingerprint density at radius 3 is 2.46 bits per heavy atom. The van der Waals surface area contributed by atoms with Crippen LogP contribution in [0.25, 0.3) is 0 Å². The first-order chi connectivity index (χ1) is 11.3. The van der Waals surface area contributed by atoms with Crippen molar-refractivity contribution in [1.29, 1.82) is 0 Å². The van der Waals surface area contributed by atoms with Gasteiger partial charge in [-0.15, -0.1) is 5.92 Å². The predicted octanol–water partition coefficient (Wildman–Crippen LogP) is 3.16. The summed E-state index contributed by atoms with van der Waals surface area (Å²) >= 11 is 0. The van der Waals surface area contributed by atoms with E-state index in [9.17, 15) is 9.59 Å². The van der Waals surface area contributed by atoms with Crippen LogP contribution < -0.4 is 10.2 Å². The van der Waals surface area contributed by atoms with E-state index >= 15 is 0 Å². The number of carbonyl (C=O) groups excluding carboxylic acids is 2. The van der Waals surface area contributed by atoms with Crippen molar-refractivity contribution in [2.75, 3.05) is 7.11 Å². The molecular weight excluding hydrogens is 304 g/mol. The van der Waals surface area contributed by atoms with Gasteiger partial charge in [0.05, 0.1) is 24.6 Å². The number of benzene rings is 1. The first-order valence-electron chi connectivity index (χ1n) is 8.04. The number of rotatable bonds is 4. The highest BCUT2D eigenvalue weighted by atomic mass is 16.5. The average molecular weight is 330 g/mol. The van der Waals surface area contributed by atoms with Gasteiger partial charge in [-0.25, -0.2) is 5.01 Å². The molecule has 1 aromatic carbocycles. The van der Waals surface area contributed by atoms with Gasteiger partial charge >= 0.3 is 0 Å². The van der Waals surface area contributed by atoms with Crippen LogP contribution in [0.15, 0.2) is 24.3 Å². The van der Waals surface area contributed by atoms with Crippen molar-refractivity contribution in [3.05, 3.63) is 29.8 Å². The van der Waals surface area contributed by atoms with Crippen LogP contribution in [-0.2, 0) is 4.79 Å². The largest absolute Gasteiger partial charge is 0.496 e. The molecule has 0 spiro atoms. The molecule has 0 radical (unpaired) electrons. The van der Waals surface area contributed by atoms with Gasteiger partial charge in [0.25, 0.3) is 11.8 Å². The average Bonchev–Trinajstić information content (AvgIpc) is 2.55. The topological polar surface area (TPSA) is 58.6 Å². The fraction of sp³-hybridized carbons (Fsp3) is 0.474. The summed E-state index contributed by atoms with van der Waals surface area (Å²) in [5, 5.41) is 1.34. The summed E-state index contributed by atoms with van der Waals surface area (Å²) in [5.74, 6) is 5.63. The highest BCUT2D eigenvalue weighted by Crippen LogP contribution is 2.18. The Hall–Kier alpha value is -2.48. The molecule has 1 N–H and O–H groups in total. The molecule has 0 heterocycles. The number of ether oxygens (including phenoxy) is 1.